The molecule has 0 saturated heterocycles. The Balaban J connectivity index is 3.24. The Hall–Kier alpha value is -0.0600. The van der Waals surface area contributed by atoms with Crippen molar-refractivity contribution in [1.29, 1.82) is 0 Å². The smallest absolute Gasteiger partial charge is 0.0660 e. The van der Waals surface area contributed by atoms with Crippen molar-refractivity contribution in [1.82, 2.24) is 0 Å². The number of hydrogen-bond acceptors (Lipinski definition) is 2. The second kappa shape index (κ2) is 4.25. The van der Waals surface area contributed by atoms with E-state index in [2.05, 4.69) is 50.3 Å². The lowest BCUT2D eigenvalue weighted by Crippen LogP contribution is -2.09. The monoisotopic (exact) mass is 292 g/mol. The molecule has 2 nitrogen and oxygen atoms in total. The maximum absolute atomic E-state index is 5.38. The largest absolute Gasteiger partial charge is 0.323 e. The van der Waals surface area contributed by atoms with Gasteiger partial charge in [0.25, 0.3) is 0 Å². The Kier molecular flexibility index (Phi) is 3.55. The summed E-state index contributed by atoms with van der Waals surface area (Å²) in [6, 6.07) is 4.02. The van der Waals surface area contributed by atoms with E-state index in [4.69, 9.17) is 5.84 Å². The highest BCUT2D eigenvalue weighted by Gasteiger charge is 2.04. The second-order valence-electron chi connectivity index (χ2n) is 2.42. The fraction of sp³-hybridized carbons (Fsp3) is 0.250. The van der Waals surface area contributed by atoms with Gasteiger partial charge in [-0.1, -0.05) is 22.9 Å². The molecule has 0 aliphatic rings. The average molecular weight is 294 g/mol. The highest BCUT2D eigenvalue weighted by molar-refractivity contribution is 9.11. The minimum absolute atomic E-state index is 0.956. The molecule has 0 unspecified atom stereocenters. The van der Waals surface area contributed by atoms with Gasteiger partial charge >= 0.3 is 0 Å². The molecule has 0 aliphatic carbocycles. The van der Waals surface area contributed by atoms with Gasteiger partial charge in [0.2, 0.25) is 0 Å². The molecule has 12 heavy (non-hydrogen) atoms. The van der Waals surface area contributed by atoms with Crippen LogP contribution in [-0.2, 0) is 6.42 Å². The topological polar surface area (TPSA) is 38.0 Å². The van der Waals surface area contributed by atoms with E-state index < -0.39 is 0 Å². The third-order valence-electron chi connectivity index (χ3n) is 1.66. The molecule has 0 aromatic heterocycles. The van der Waals surface area contributed by atoms with E-state index in [-0.39, 0.29) is 0 Å². The molecule has 0 bridgehead atoms. The molecule has 1 rings (SSSR count). The molecule has 4 heteroatoms. The van der Waals surface area contributed by atoms with E-state index in [0.29, 0.717) is 0 Å². The predicted octanol–water partition coefficient (Wildman–Crippen LogP) is 3.06. The van der Waals surface area contributed by atoms with Crippen LogP contribution in [0.3, 0.4) is 0 Å². The first-order chi connectivity index (χ1) is 5.69. The van der Waals surface area contributed by atoms with E-state index >= 15 is 0 Å². The van der Waals surface area contributed by atoms with Crippen LogP contribution in [0.5, 0.6) is 0 Å². The summed E-state index contributed by atoms with van der Waals surface area (Å²) in [7, 11) is 0. The normalized spacial score (nSPS) is 10.0. The van der Waals surface area contributed by atoms with Gasteiger partial charge in [-0.3, -0.25) is 5.84 Å². The number of benzene rings is 1. The first-order valence-electron chi connectivity index (χ1n) is 3.63. The zero-order chi connectivity index (χ0) is 9.14. The summed E-state index contributed by atoms with van der Waals surface area (Å²) < 4.78 is 2.04. The van der Waals surface area contributed by atoms with E-state index in [1.54, 1.807) is 0 Å². The lowest BCUT2D eigenvalue weighted by atomic mass is 10.1. The summed E-state index contributed by atoms with van der Waals surface area (Å²) >= 11 is 6.84. The quantitative estimate of drug-likeness (QED) is 0.650. The van der Waals surface area contributed by atoms with Crippen molar-refractivity contribution in [2.75, 3.05) is 5.43 Å². The molecular weight excluding hydrogens is 284 g/mol. The van der Waals surface area contributed by atoms with Gasteiger partial charge in [-0.05, 0) is 40.0 Å². The minimum atomic E-state index is 0.956. The predicted molar refractivity (Wildman–Crippen MR) is 59.0 cm³/mol. The van der Waals surface area contributed by atoms with Gasteiger partial charge in [0.1, 0.15) is 0 Å². The van der Waals surface area contributed by atoms with Crippen LogP contribution in [0.4, 0.5) is 5.69 Å². The molecule has 0 radical (unpaired) electrons. The number of aryl methyl sites for hydroxylation is 1. The molecule has 0 saturated carbocycles. The number of rotatable bonds is 2. The summed E-state index contributed by atoms with van der Waals surface area (Å²) in [6.45, 7) is 2.09. The average Bonchev–Trinajstić information content (AvgIpc) is 2.03. The lowest BCUT2D eigenvalue weighted by molar-refractivity contribution is 1.12. The van der Waals surface area contributed by atoms with Gasteiger partial charge in [0.05, 0.1) is 5.69 Å². The van der Waals surface area contributed by atoms with Gasteiger partial charge in [0.15, 0.2) is 0 Å². The van der Waals surface area contributed by atoms with Crippen LogP contribution >= 0.6 is 31.9 Å². The molecule has 66 valence electrons. The molecule has 0 aliphatic heterocycles. The van der Waals surface area contributed by atoms with Crippen molar-refractivity contribution in [2.24, 2.45) is 5.84 Å². The Morgan fingerprint density at radius 3 is 2.58 bits per heavy atom. The van der Waals surface area contributed by atoms with Crippen LogP contribution < -0.4 is 11.3 Å². The summed E-state index contributed by atoms with van der Waals surface area (Å²) in [5.74, 6) is 5.38. The lowest BCUT2D eigenvalue weighted by Gasteiger charge is -2.09. The van der Waals surface area contributed by atoms with Crippen LogP contribution in [-0.4, -0.2) is 0 Å². The van der Waals surface area contributed by atoms with E-state index in [9.17, 15) is 0 Å². The molecular formula is C8H10Br2N2. The van der Waals surface area contributed by atoms with Gasteiger partial charge in [-0.25, -0.2) is 0 Å². The third-order valence-corrected chi connectivity index (χ3v) is 2.75. The van der Waals surface area contributed by atoms with Gasteiger partial charge in [-0.15, -0.1) is 0 Å². The minimum Gasteiger partial charge on any atom is -0.323 e. The first-order valence-corrected chi connectivity index (χ1v) is 5.22. The Morgan fingerprint density at radius 1 is 1.42 bits per heavy atom. The number of hydrazine groups is 1. The van der Waals surface area contributed by atoms with Crippen LogP contribution in [0.25, 0.3) is 0 Å². The second-order valence-corrected chi connectivity index (χ2v) is 4.19. The Morgan fingerprint density at radius 2 is 2.08 bits per heavy atom. The summed E-state index contributed by atoms with van der Waals surface area (Å²) in [5, 5.41) is 0. The van der Waals surface area contributed by atoms with Crippen molar-refractivity contribution in [2.45, 2.75) is 13.3 Å². The van der Waals surface area contributed by atoms with Crippen LogP contribution in [0, 0.1) is 0 Å². The number of anilines is 1. The van der Waals surface area contributed by atoms with Gasteiger partial charge in [-0.2, -0.15) is 0 Å². The molecule has 0 fully saturated rings. The fourth-order valence-corrected chi connectivity index (χ4v) is 2.50. The number of nitrogens with one attached hydrogen (secondary N) is 1. The molecule has 0 amide bonds. The number of nitrogen functional groups attached to an aromatic ring is 1. The van der Waals surface area contributed by atoms with Crippen LogP contribution in [0.2, 0.25) is 0 Å². The van der Waals surface area contributed by atoms with Crippen molar-refractivity contribution in [3.63, 3.8) is 0 Å². The number of hydrogen-bond donors (Lipinski definition) is 2. The van der Waals surface area contributed by atoms with E-state index in [1.807, 2.05) is 6.07 Å². The zero-order valence-electron chi connectivity index (χ0n) is 6.70. The van der Waals surface area contributed by atoms with Crippen LogP contribution in [0.1, 0.15) is 12.5 Å². The third kappa shape index (κ3) is 2.00. The molecule has 0 heterocycles. The molecule has 1 aromatic carbocycles. The van der Waals surface area contributed by atoms with Crippen molar-refractivity contribution in [3.05, 3.63) is 26.6 Å². The van der Waals surface area contributed by atoms with Gasteiger partial charge in [0, 0.05) is 8.95 Å². The molecule has 3 N–H and O–H groups in total. The maximum Gasteiger partial charge on any atom is 0.0660 e. The first kappa shape index (κ1) is 10.0. The molecule has 0 atom stereocenters. The van der Waals surface area contributed by atoms with Crippen LogP contribution in [0.15, 0.2) is 21.1 Å². The van der Waals surface area contributed by atoms with E-state index in [1.165, 1.54) is 5.56 Å². The highest BCUT2D eigenvalue weighted by Crippen LogP contribution is 2.30. The Bertz CT molecular complexity index is 287. The summed E-state index contributed by atoms with van der Waals surface area (Å²) in [6.07, 6.45) is 0.956. The number of halogens is 2. The standard InChI is InChI=1S/C8H10Br2N2/c1-2-5-3-6(9)4-7(10)8(5)12-11/h3-4,12H,2,11H2,1H3. The summed E-state index contributed by atoms with van der Waals surface area (Å²) in [5.41, 5.74) is 4.83. The fourth-order valence-electron chi connectivity index (χ4n) is 1.07. The highest BCUT2D eigenvalue weighted by atomic mass is 79.9. The maximum atomic E-state index is 5.38. The number of nitrogens with two attached hydrogens (primary N) is 1. The zero-order valence-corrected chi connectivity index (χ0v) is 9.87. The Labute approximate surface area is 88.8 Å². The van der Waals surface area contributed by atoms with Crippen molar-refractivity contribution >= 4 is 37.5 Å². The summed E-state index contributed by atoms with van der Waals surface area (Å²) in [4.78, 5) is 0. The molecule has 1 aromatic rings. The van der Waals surface area contributed by atoms with Crippen molar-refractivity contribution in [3.8, 4) is 0 Å². The van der Waals surface area contributed by atoms with Crippen molar-refractivity contribution < 1.29 is 0 Å². The SMILES string of the molecule is CCc1cc(Br)cc(Br)c1NN. The van der Waals surface area contributed by atoms with E-state index in [0.717, 1.165) is 21.1 Å². The van der Waals surface area contributed by atoms with Gasteiger partial charge < -0.3 is 5.43 Å². The molecule has 0 spiro atoms.